The van der Waals surface area contributed by atoms with Gasteiger partial charge < -0.3 is 15.0 Å². The summed E-state index contributed by atoms with van der Waals surface area (Å²) >= 11 is 3.41. The van der Waals surface area contributed by atoms with Gasteiger partial charge in [0.25, 0.3) is 0 Å². The molecule has 2 heterocycles. The number of methoxy groups -OCH3 is 1. The predicted molar refractivity (Wildman–Crippen MR) is 118 cm³/mol. The van der Waals surface area contributed by atoms with E-state index in [4.69, 9.17) is 4.98 Å². The lowest BCUT2D eigenvalue weighted by Crippen LogP contribution is -2.51. The van der Waals surface area contributed by atoms with Gasteiger partial charge in [-0.05, 0) is 18.1 Å². The minimum atomic E-state index is -0.762. The first-order chi connectivity index (χ1) is 14.7. The number of aromatic nitrogens is 2. The maximum absolute atomic E-state index is 13.3. The minimum absolute atomic E-state index is 0.154. The Labute approximate surface area is 189 Å². The average molecular weight is 492 g/mol. The number of ether oxygens (including phenoxy) is 1. The van der Waals surface area contributed by atoms with Crippen LogP contribution in [0.3, 0.4) is 0 Å². The van der Waals surface area contributed by atoms with Crippen LogP contribution in [0.2, 0.25) is 0 Å². The topological polar surface area (TPSA) is 106 Å². The zero-order valence-electron chi connectivity index (χ0n) is 17.9. The molecule has 3 rings (SSSR count). The third-order valence-electron chi connectivity index (χ3n) is 5.18. The van der Waals surface area contributed by atoms with Crippen molar-refractivity contribution in [3.8, 4) is 11.3 Å². The number of hydrogen-bond donors (Lipinski definition) is 2. The van der Waals surface area contributed by atoms with Crippen LogP contribution in [0.25, 0.3) is 11.3 Å². The van der Waals surface area contributed by atoms with Crippen molar-refractivity contribution in [2.24, 2.45) is 5.92 Å². The molecule has 0 bridgehead atoms. The van der Waals surface area contributed by atoms with E-state index in [9.17, 15) is 14.4 Å². The van der Waals surface area contributed by atoms with Crippen LogP contribution in [-0.4, -0.2) is 58.7 Å². The van der Waals surface area contributed by atoms with Gasteiger partial charge in [-0.2, -0.15) is 0 Å². The second kappa shape index (κ2) is 9.61. The van der Waals surface area contributed by atoms with Gasteiger partial charge in [-0.25, -0.2) is 9.78 Å². The van der Waals surface area contributed by atoms with E-state index in [-0.39, 0.29) is 24.4 Å². The molecule has 1 aromatic carbocycles. The standard InChI is InChI=1S/C21H26BrN5O4/c1-12(2)18(25-21(30)31-4)20(29)27-11-23-9-17(27)19-24-16(10-26(19)13(3)28)14-5-7-15(22)8-6-14/h5-8,10,12,17-18,23H,9,11H2,1-4H3,(H,25,30). The molecule has 2 amide bonds. The highest BCUT2D eigenvalue weighted by molar-refractivity contribution is 9.10. The van der Waals surface area contributed by atoms with Crippen molar-refractivity contribution >= 4 is 33.8 Å². The number of alkyl carbamates (subject to hydrolysis) is 1. The van der Waals surface area contributed by atoms with Crippen molar-refractivity contribution in [2.75, 3.05) is 20.3 Å². The Hall–Kier alpha value is -2.72. The zero-order valence-corrected chi connectivity index (χ0v) is 19.5. The molecule has 166 valence electrons. The molecule has 0 saturated carbocycles. The van der Waals surface area contributed by atoms with Crippen LogP contribution in [0.1, 0.15) is 37.4 Å². The van der Waals surface area contributed by atoms with E-state index >= 15 is 0 Å². The Morgan fingerprint density at radius 3 is 2.52 bits per heavy atom. The van der Waals surface area contributed by atoms with Gasteiger partial charge in [-0.3, -0.25) is 19.5 Å². The van der Waals surface area contributed by atoms with E-state index in [0.29, 0.717) is 18.1 Å². The van der Waals surface area contributed by atoms with E-state index < -0.39 is 18.2 Å². The number of rotatable bonds is 5. The maximum Gasteiger partial charge on any atom is 0.407 e. The summed E-state index contributed by atoms with van der Waals surface area (Å²) in [4.78, 5) is 43.7. The monoisotopic (exact) mass is 491 g/mol. The first kappa shape index (κ1) is 23.0. The summed E-state index contributed by atoms with van der Waals surface area (Å²) in [7, 11) is 1.25. The largest absolute Gasteiger partial charge is 0.453 e. The molecule has 0 spiro atoms. The van der Waals surface area contributed by atoms with Gasteiger partial charge in [0.05, 0.1) is 19.5 Å². The predicted octanol–water partition coefficient (Wildman–Crippen LogP) is 2.78. The molecule has 2 N–H and O–H groups in total. The number of carbonyl (C=O) groups excluding carboxylic acids is 3. The lowest BCUT2D eigenvalue weighted by Gasteiger charge is -2.29. The van der Waals surface area contributed by atoms with Crippen LogP contribution in [0.15, 0.2) is 34.9 Å². The number of benzene rings is 1. The fourth-order valence-corrected chi connectivity index (χ4v) is 3.79. The van der Waals surface area contributed by atoms with Crippen LogP contribution in [-0.2, 0) is 9.53 Å². The lowest BCUT2D eigenvalue weighted by molar-refractivity contribution is -0.135. The highest BCUT2D eigenvalue weighted by Crippen LogP contribution is 2.28. The van der Waals surface area contributed by atoms with Crippen LogP contribution >= 0.6 is 15.9 Å². The van der Waals surface area contributed by atoms with Gasteiger partial charge in [0.2, 0.25) is 11.8 Å². The van der Waals surface area contributed by atoms with Gasteiger partial charge in [0.1, 0.15) is 17.9 Å². The average Bonchev–Trinajstić information content (AvgIpc) is 3.38. The second-order valence-electron chi connectivity index (χ2n) is 7.67. The molecule has 31 heavy (non-hydrogen) atoms. The molecular weight excluding hydrogens is 466 g/mol. The quantitative estimate of drug-likeness (QED) is 0.665. The Balaban J connectivity index is 1.95. The summed E-state index contributed by atoms with van der Waals surface area (Å²) in [5.41, 5.74) is 1.51. The Morgan fingerprint density at radius 2 is 1.94 bits per heavy atom. The third-order valence-corrected chi connectivity index (χ3v) is 5.71. The highest BCUT2D eigenvalue weighted by atomic mass is 79.9. The molecule has 10 heteroatoms. The Morgan fingerprint density at radius 1 is 1.26 bits per heavy atom. The molecular formula is C21H26BrN5O4. The first-order valence-electron chi connectivity index (χ1n) is 9.94. The van der Waals surface area contributed by atoms with Gasteiger partial charge in [-0.1, -0.05) is 41.9 Å². The van der Waals surface area contributed by atoms with Crippen LogP contribution in [0, 0.1) is 5.92 Å². The van der Waals surface area contributed by atoms with E-state index in [2.05, 4.69) is 31.3 Å². The second-order valence-corrected chi connectivity index (χ2v) is 8.59. The molecule has 2 aromatic rings. The summed E-state index contributed by atoms with van der Waals surface area (Å²) in [6.45, 7) is 5.88. The summed E-state index contributed by atoms with van der Waals surface area (Å²) in [5.74, 6) is -0.139. The van der Waals surface area contributed by atoms with Gasteiger partial charge in [-0.15, -0.1) is 0 Å². The molecule has 1 fully saturated rings. The molecule has 0 aliphatic carbocycles. The zero-order chi connectivity index (χ0) is 22.7. The van der Waals surface area contributed by atoms with Crippen LogP contribution in [0.4, 0.5) is 4.79 Å². The number of imidazole rings is 1. The number of hydrogen-bond acceptors (Lipinski definition) is 6. The highest BCUT2D eigenvalue weighted by Gasteiger charge is 2.38. The molecule has 0 radical (unpaired) electrons. The van der Waals surface area contributed by atoms with Gasteiger partial charge in [0.15, 0.2) is 0 Å². The fraction of sp³-hybridized carbons (Fsp3) is 0.429. The van der Waals surface area contributed by atoms with Gasteiger partial charge in [0, 0.05) is 29.7 Å². The van der Waals surface area contributed by atoms with E-state index in [1.807, 2.05) is 38.1 Å². The number of amides is 2. The summed E-state index contributed by atoms with van der Waals surface area (Å²) in [6.07, 6.45) is 1.02. The summed E-state index contributed by atoms with van der Waals surface area (Å²) in [6, 6.07) is 6.40. The van der Waals surface area contributed by atoms with Crippen LogP contribution < -0.4 is 10.6 Å². The molecule has 1 aliphatic rings. The molecule has 1 saturated heterocycles. The summed E-state index contributed by atoms with van der Waals surface area (Å²) in [5, 5.41) is 5.79. The van der Waals surface area contributed by atoms with Crippen molar-refractivity contribution in [3.63, 3.8) is 0 Å². The summed E-state index contributed by atoms with van der Waals surface area (Å²) < 4.78 is 7.09. The lowest BCUT2D eigenvalue weighted by atomic mass is 10.0. The van der Waals surface area contributed by atoms with Crippen molar-refractivity contribution in [1.82, 2.24) is 25.1 Å². The Bertz CT molecular complexity index is 973. The Kier molecular flexibility index (Phi) is 7.11. The number of carbonyl (C=O) groups is 3. The van der Waals surface area contributed by atoms with E-state index in [1.54, 1.807) is 11.1 Å². The van der Waals surface area contributed by atoms with Crippen molar-refractivity contribution in [1.29, 1.82) is 0 Å². The third kappa shape index (κ3) is 4.96. The molecule has 9 nitrogen and oxygen atoms in total. The first-order valence-corrected chi connectivity index (χ1v) is 10.7. The molecule has 2 atom stereocenters. The van der Waals surface area contributed by atoms with Crippen molar-refractivity contribution in [2.45, 2.75) is 32.9 Å². The SMILES string of the molecule is COC(=O)NC(C(=O)N1CNCC1c1nc(-c2ccc(Br)cc2)cn1C(C)=O)C(C)C. The maximum atomic E-state index is 13.3. The molecule has 2 unspecified atom stereocenters. The van der Waals surface area contributed by atoms with E-state index in [1.165, 1.54) is 18.6 Å². The molecule has 1 aromatic heterocycles. The van der Waals surface area contributed by atoms with Gasteiger partial charge >= 0.3 is 6.09 Å². The van der Waals surface area contributed by atoms with E-state index in [0.717, 1.165) is 10.0 Å². The van der Waals surface area contributed by atoms with Crippen molar-refractivity contribution < 1.29 is 19.1 Å². The fourth-order valence-electron chi connectivity index (χ4n) is 3.52. The molecule has 1 aliphatic heterocycles. The smallest absolute Gasteiger partial charge is 0.407 e. The number of nitrogens with zero attached hydrogens (tertiary/aromatic N) is 3. The van der Waals surface area contributed by atoms with Crippen LogP contribution in [0.5, 0.6) is 0 Å². The van der Waals surface area contributed by atoms with Crippen molar-refractivity contribution in [3.05, 3.63) is 40.8 Å². The number of nitrogens with one attached hydrogen (secondary N) is 2. The normalized spacial score (nSPS) is 17.0. The minimum Gasteiger partial charge on any atom is -0.453 e. The number of halogens is 1.